The monoisotopic (exact) mass is 527 g/mol. The van der Waals surface area contributed by atoms with Gasteiger partial charge in [0.25, 0.3) is 17.7 Å². The molecule has 2 heterocycles. The molecule has 0 atom stereocenters. The molecule has 0 aromatic heterocycles. The van der Waals surface area contributed by atoms with Gasteiger partial charge in [-0.15, -0.1) is 0 Å². The number of methoxy groups -OCH3 is 1. The topological polar surface area (TPSA) is 97.4 Å². The van der Waals surface area contributed by atoms with Crippen LogP contribution in [0.5, 0.6) is 11.5 Å². The zero-order chi connectivity index (χ0) is 25.7. The second kappa shape index (κ2) is 11.5. The lowest BCUT2D eigenvalue weighted by Crippen LogP contribution is -2.45. The summed E-state index contributed by atoms with van der Waals surface area (Å²) in [7, 11) is 1.50. The molecule has 2 aliphatic heterocycles. The smallest absolute Gasteiger partial charge is 0.285 e. The van der Waals surface area contributed by atoms with Gasteiger partial charge in [0.15, 0.2) is 22.4 Å². The SMILES string of the molecule is COc1cc(/C=C2/SC(=S)N(NC(=O)c3ccccc3C)C2=O)ccc1OCC(=O)N1CCOCC1. The van der Waals surface area contributed by atoms with Crippen LogP contribution in [0.15, 0.2) is 47.4 Å². The lowest BCUT2D eigenvalue weighted by molar-refractivity contribution is -0.137. The quantitative estimate of drug-likeness (QED) is 0.434. The van der Waals surface area contributed by atoms with Crippen LogP contribution in [0.3, 0.4) is 0 Å². The molecule has 1 N–H and O–H groups in total. The first kappa shape index (κ1) is 25.7. The molecule has 0 saturated carbocycles. The first-order valence-corrected chi connectivity index (χ1v) is 12.4. The number of amides is 3. The highest BCUT2D eigenvalue weighted by Crippen LogP contribution is 2.34. The van der Waals surface area contributed by atoms with Crippen LogP contribution in [0.1, 0.15) is 21.5 Å². The van der Waals surface area contributed by atoms with Gasteiger partial charge in [0.2, 0.25) is 0 Å². The van der Waals surface area contributed by atoms with E-state index in [1.165, 1.54) is 7.11 Å². The van der Waals surface area contributed by atoms with Gasteiger partial charge in [-0.05, 0) is 54.5 Å². The van der Waals surface area contributed by atoms with E-state index in [4.69, 9.17) is 26.4 Å². The normalized spacial score (nSPS) is 16.9. The summed E-state index contributed by atoms with van der Waals surface area (Å²) in [5, 5.41) is 1.08. The Morgan fingerprint density at radius 2 is 1.92 bits per heavy atom. The Bertz CT molecular complexity index is 1230. The molecule has 3 amide bonds. The number of carbonyl (C=O) groups excluding carboxylic acids is 3. The van der Waals surface area contributed by atoms with Crippen molar-refractivity contribution in [1.82, 2.24) is 15.3 Å². The van der Waals surface area contributed by atoms with Gasteiger partial charge in [-0.1, -0.05) is 36.0 Å². The number of hydrazine groups is 1. The fraction of sp³-hybridized carbons (Fsp3) is 0.280. The number of morpholine rings is 1. The first-order valence-electron chi connectivity index (χ1n) is 11.2. The van der Waals surface area contributed by atoms with Gasteiger partial charge in [0, 0.05) is 18.7 Å². The van der Waals surface area contributed by atoms with Gasteiger partial charge in [-0.2, -0.15) is 5.01 Å². The largest absolute Gasteiger partial charge is 0.493 e. The zero-order valence-corrected chi connectivity index (χ0v) is 21.4. The molecular formula is C25H25N3O6S2. The molecule has 0 bridgehead atoms. The van der Waals surface area contributed by atoms with E-state index in [-0.39, 0.29) is 16.8 Å². The fourth-order valence-corrected chi connectivity index (χ4v) is 4.82. The molecular weight excluding hydrogens is 502 g/mol. The molecule has 36 heavy (non-hydrogen) atoms. The van der Waals surface area contributed by atoms with E-state index in [9.17, 15) is 14.4 Å². The van der Waals surface area contributed by atoms with E-state index in [1.807, 2.05) is 19.1 Å². The van der Waals surface area contributed by atoms with Crippen LogP contribution in [-0.2, 0) is 14.3 Å². The van der Waals surface area contributed by atoms with Gasteiger partial charge < -0.3 is 19.1 Å². The lowest BCUT2D eigenvalue weighted by Gasteiger charge is -2.26. The number of hydrogen-bond donors (Lipinski definition) is 1. The van der Waals surface area contributed by atoms with E-state index in [0.29, 0.717) is 53.8 Å². The Balaban J connectivity index is 1.43. The minimum atomic E-state index is -0.428. The van der Waals surface area contributed by atoms with Crippen molar-refractivity contribution >= 4 is 52.1 Å². The molecule has 0 aliphatic carbocycles. The third kappa shape index (κ3) is 5.86. The number of hydrogen-bond acceptors (Lipinski definition) is 8. The van der Waals surface area contributed by atoms with E-state index in [1.54, 1.807) is 41.3 Å². The maximum absolute atomic E-state index is 12.9. The average Bonchev–Trinajstić information content (AvgIpc) is 3.15. The second-order valence-electron chi connectivity index (χ2n) is 7.97. The number of nitrogens with zero attached hydrogens (tertiary/aromatic N) is 2. The van der Waals surface area contributed by atoms with Crippen LogP contribution in [0.4, 0.5) is 0 Å². The number of aryl methyl sites for hydroxylation is 1. The summed E-state index contributed by atoms with van der Waals surface area (Å²) in [5.74, 6) is -0.139. The van der Waals surface area contributed by atoms with Gasteiger partial charge in [-0.25, -0.2) is 0 Å². The number of thioether (sulfide) groups is 1. The van der Waals surface area contributed by atoms with Crippen LogP contribution in [0.25, 0.3) is 6.08 Å². The minimum absolute atomic E-state index is 0.116. The average molecular weight is 528 g/mol. The highest BCUT2D eigenvalue weighted by molar-refractivity contribution is 8.26. The van der Waals surface area contributed by atoms with Gasteiger partial charge in [0.05, 0.1) is 25.2 Å². The van der Waals surface area contributed by atoms with E-state index < -0.39 is 11.8 Å². The number of carbonyl (C=O) groups is 3. The van der Waals surface area contributed by atoms with Crippen molar-refractivity contribution in [1.29, 1.82) is 0 Å². The molecule has 2 aliphatic rings. The van der Waals surface area contributed by atoms with E-state index in [2.05, 4.69) is 5.43 Å². The van der Waals surface area contributed by atoms with Crippen molar-refractivity contribution in [2.24, 2.45) is 0 Å². The summed E-state index contributed by atoms with van der Waals surface area (Å²) in [6, 6.07) is 12.2. The highest BCUT2D eigenvalue weighted by Gasteiger charge is 2.34. The Labute approximate surface area is 218 Å². The van der Waals surface area contributed by atoms with Crippen molar-refractivity contribution < 1.29 is 28.6 Å². The van der Waals surface area contributed by atoms with Crippen molar-refractivity contribution in [3.8, 4) is 11.5 Å². The summed E-state index contributed by atoms with van der Waals surface area (Å²) in [4.78, 5) is 40.0. The molecule has 2 fully saturated rings. The summed E-state index contributed by atoms with van der Waals surface area (Å²) < 4.78 is 16.6. The minimum Gasteiger partial charge on any atom is -0.493 e. The Morgan fingerprint density at radius 1 is 1.17 bits per heavy atom. The Hall–Kier alpha value is -3.41. The molecule has 188 valence electrons. The standard InChI is InChI=1S/C25H25N3O6S2/c1-16-5-3-4-6-18(16)23(30)26-28-24(31)21(36-25(28)35)14-17-7-8-19(20(13-17)32-2)34-15-22(29)27-9-11-33-12-10-27/h3-8,13-14H,9-12,15H2,1-2H3,(H,26,30)/b21-14+. The van der Waals surface area contributed by atoms with Crippen LogP contribution in [0, 0.1) is 6.92 Å². The van der Waals surface area contributed by atoms with Crippen LogP contribution in [0.2, 0.25) is 0 Å². The van der Waals surface area contributed by atoms with Gasteiger partial charge in [0.1, 0.15) is 0 Å². The fourth-order valence-electron chi connectivity index (χ4n) is 3.64. The van der Waals surface area contributed by atoms with Crippen LogP contribution >= 0.6 is 24.0 Å². The Morgan fingerprint density at radius 3 is 2.64 bits per heavy atom. The van der Waals surface area contributed by atoms with Crippen molar-refractivity contribution in [3.05, 3.63) is 64.1 Å². The van der Waals surface area contributed by atoms with Crippen molar-refractivity contribution in [2.75, 3.05) is 40.0 Å². The highest BCUT2D eigenvalue weighted by atomic mass is 32.2. The molecule has 2 aromatic carbocycles. The van der Waals surface area contributed by atoms with Crippen LogP contribution < -0.4 is 14.9 Å². The second-order valence-corrected chi connectivity index (χ2v) is 9.64. The molecule has 4 rings (SSSR count). The summed E-state index contributed by atoms with van der Waals surface area (Å²) in [6.07, 6.45) is 1.66. The van der Waals surface area contributed by atoms with Crippen molar-refractivity contribution in [2.45, 2.75) is 6.92 Å². The third-order valence-corrected chi connectivity index (χ3v) is 6.90. The zero-order valence-electron chi connectivity index (χ0n) is 19.8. The summed E-state index contributed by atoms with van der Waals surface area (Å²) >= 11 is 6.41. The van der Waals surface area contributed by atoms with E-state index >= 15 is 0 Å². The molecule has 2 saturated heterocycles. The number of rotatable bonds is 7. The van der Waals surface area contributed by atoms with Gasteiger partial charge >= 0.3 is 0 Å². The number of thiocarbonyl (C=S) groups is 1. The molecule has 9 nitrogen and oxygen atoms in total. The third-order valence-electron chi connectivity index (χ3n) is 5.60. The molecule has 0 unspecified atom stereocenters. The maximum atomic E-state index is 12.9. The number of ether oxygens (including phenoxy) is 3. The summed E-state index contributed by atoms with van der Waals surface area (Å²) in [6.45, 7) is 3.83. The lowest BCUT2D eigenvalue weighted by atomic mass is 10.1. The predicted octanol–water partition coefficient (Wildman–Crippen LogP) is 2.79. The molecule has 11 heteroatoms. The first-order chi connectivity index (χ1) is 17.4. The van der Waals surface area contributed by atoms with Crippen LogP contribution in [-0.4, -0.2) is 72.0 Å². The molecule has 0 spiro atoms. The number of benzene rings is 2. The maximum Gasteiger partial charge on any atom is 0.285 e. The van der Waals surface area contributed by atoms with Gasteiger partial charge in [-0.3, -0.25) is 19.8 Å². The summed E-state index contributed by atoms with van der Waals surface area (Å²) in [5.41, 5.74) is 4.51. The molecule has 0 radical (unpaired) electrons. The Kier molecular flexibility index (Phi) is 8.24. The predicted molar refractivity (Wildman–Crippen MR) is 140 cm³/mol. The molecule has 2 aromatic rings. The number of nitrogens with one attached hydrogen (secondary N) is 1. The van der Waals surface area contributed by atoms with Crippen molar-refractivity contribution in [3.63, 3.8) is 0 Å². The van der Waals surface area contributed by atoms with E-state index in [0.717, 1.165) is 22.3 Å².